The smallest absolute Gasteiger partial charge is 0.333 e. The van der Waals surface area contributed by atoms with Crippen molar-refractivity contribution in [1.82, 2.24) is 0 Å². The van der Waals surface area contributed by atoms with Gasteiger partial charge in [-0.3, -0.25) is 0 Å². The third-order valence-electron chi connectivity index (χ3n) is 4.09. The number of hydrogen-bond acceptors (Lipinski definition) is 2. The van der Waals surface area contributed by atoms with E-state index < -0.39 is 0 Å². The summed E-state index contributed by atoms with van der Waals surface area (Å²) < 4.78 is 5.47. The summed E-state index contributed by atoms with van der Waals surface area (Å²) >= 11 is 0. The van der Waals surface area contributed by atoms with Gasteiger partial charge in [-0.05, 0) is 38.5 Å². The molecule has 0 amide bonds. The van der Waals surface area contributed by atoms with Crippen molar-refractivity contribution in [3.63, 3.8) is 0 Å². The Kier molecular flexibility index (Phi) is 6.45. The van der Waals surface area contributed by atoms with Gasteiger partial charge in [-0.15, -0.1) is 0 Å². The van der Waals surface area contributed by atoms with E-state index in [-0.39, 0.29) is 12.1 Å². The standard InChI is InChI=1S/C16H28O2/c1-5-6-8-14-9-7-10-15(11-14)13(4)18-16(17)12(2)3/h13-15H,2,5-11H2,1,3-4H3. The van der Waals surface area contributed by atoms with Crippen LogP contribution in [-0.4, -0.2) is 12.1 Å². The van der Waals surface area contributed by atoms with Crippen LogP contribution < -0.4 is 0 Å². The van der Waals surface area contributed by atoms with E-state index in [2.05, 4.69) is 13.5 Å². The molecule has 18 heavy (non-hydrogen) atoms. The zero-order valence-electron chi connectivity index (χ0n) is 12.2. The van der Waals surface area contributed by atoms with Crippen molar-refractivity contribution in [3.8, 4) is 0 Å². The molecular formula is C16H28O2. The van der Waals surface area contributed by atoms with Crippen LogP contribution in [0.5, 0.6) is 0 Å². The maximum absolute atomic E-state index is 11.5. The first-order chi connectivity index (χ1) is 8.54. The molecular weight excluding hydrogens is 224 g/mol. The second kappa shape index (κ2) is 7.60. The Morgan fingerprint density at radius 3 is 2.78 bits per heavy atom. The van der Waals surface area contributed by atoms with Crippen molar-refractivity contribution >= 4 is 5.97 Å². The Balaban J connectivity index is 2.40. The quantitative estimate of drug-likeness (QED) is 0.514. The molecule has 0 saturated heterocycles. The highest BCUT2D eigenvalue weighted by atomic mass is 16.5. The fraction of sp³-hybridized carbons (Fsp3) is 0.812. The molecule has 1 aliphatic rings. The van der Waals surface area contributed by atoms with Crippen molar-refractivity contribution in [3.05, 3.63) is 12.2 Å². The monoisotopic (exact) mass is 252 g/mol. The van der Waals surface area contributed by atoms with Gasteiger partial charge in [0.05, 0.1) is 0 Å². The van der Waals surface area contributed by atoms with Crippen molar-refractivity contribution in [2.75, 3.05) is 0 Å². The maximum Gasteiger partial charge on any atom is 0.333 e. The van der Waals surface area contributed by atoms with Gasteiger partial charge in [0.1, 0.15) is 6.10 Å². The molecule has 0 aromatic heterocycles. The normalized spacial score (nSPS) is 25.5. The van der Waals surface area contributed by atoms with Gasteiger partial charge < -0.3 is 4.74 Å². The first-order valence-electron chi connectivity index (χ1n) is 7.41. The van der Waals surface area contributed by atoms with Crippen LogP contribution in [0.2, 0.25) is 0 Å². The molecule has 3 atom stereocenters. The van der Waals surface area contributed by atoms with Crippen LogP contribution in [-0.2, 0) is 9.53 Å². The molecule has 0 aromatic rings. The van der Waals surface area contributed by atoms with Gasteiger partial charge in [0, 0.05) is 5.57 Å². The average molecular weight is 252 g/mol. The second-order valence-electron chi connectivity index (χ2n) is 5.83. The number of esters is 1. The van der Waals surface area contributed by atoms with Crippen LogP contribution in [0.4, 0.5) is 0 Å². The van der Waals surface area contributed by atoms with Crippen LogP contribution in [0.3, 0.4) is 0 Å². The van der Waals surface area contributed by atoms with Gasteiger partial charge in [-0.2, -0.15) is 0 Å². The minimum atomic E-state index is -0.238. The molecule has 0 spiro atoms. The largest absolute Gasteiger partial charge is 0.459 e. The van der Waals surface area contributed by atoms with E-state index in [1.165, 1.54) is 44.9 Å². The fourth-order valence-electron chi connectivity index (χ4n) is 2.88. The summed E-state index contributed by atoms with van der Waals surface area (Å²) in [5.74, 6) is 1.15. The number of rotatable bonds is 6. The van der Waals surface area contributed by atoms with E-state index in [9.17, 15) is 4.79 Å². The molecule has 1 rings (SSSR count). The van der Waals surface area contributed by atoms with Crippen molar-refractivity contribution in [2.24, 2.45) is 11.8 Å². The SMILES string of the molecule is C=C(C)C(=O)OC(C)C1CCCC(CCCC)C1. The van der Waals surface area contributed by atoms with Crippen molar-refractivity contribution in [1.29, 1.82) is 0 Å². The van der Waals surface area contributed by atoms with Gasteiger partial charge >= 0.3 is 5.97 Å². The zero-order valence-corrected chi connectivity index (χ0v) is 12.2. The summed E-state index contributed by atoms with van der Waals surface area (Å²) in [7, 11) is 0. The van der Waals surface area contributed by atoms with Gasteiger partial charge in [-0.25, -0.2) is 4.79 Å². The first-order valence-corrected chi connectivity index (χ1v) is 7.41. The molecule has 2 heteroatoms. The predicted octanol–water partition coefficient (Wildman–Crippen LogP) is 4.49. The van der Waals surface area contributed by atoms with Gasteiger partial charge in [0.15, 0.2) is 0 Å². The fourth-order valence-corrected chi connectivity index (χ4v) is 2.88. The lowest BCUT2D eigenvalue weighted by Crippen LogP contribution is -2.29. The molecule has 1 fully saturated rings. The van der Waals surface area contributed by atoms with Crippen LogP contribution in [0.25, 0.3) is 0 Å². The third-order valence-corrected chi connectivity index (χ3v) is 4.09. The summed E-state index contributed by atoms with van der Waals surface area (Å²) in [6.45, 7) is 9.63. The van der Waals surface area contributed by atoms with Gasteiger partial charge in [0.25, 0.3) is 0 Å². The summed E-state index contributed by atoms with van der Waals surface area (Å²) in [5, 5.41) is 0. The summed E-state index contributed by atoms with van der Waals surface area (Å²) in [6.07, 6.45) is 9.06. The molecule has 0 aromatic carbocycles. The van der Waals surface area contributed by atoms with Crippen molar-refractivity contribution < 1.29 is 9.53 Å². The zero-order chi connectivity index (χ0) is 13.5. The molecule has 0 bridgehead atoms. The summed E-state index contributed by atoms with van der Waals surface area (Å²) in [5.41, 5.74) is 0.500. The highest BCUT2D eigenvalue weighted by Gasteiger charge is 2.27. The Morgan fingerprint density at radius 1 is 1.44 bits per heavy atom. The predicted molar refractivity (Wildman–Crippen MR) is 75.3 cm³/mol. The lowest BCUT2D eigenvalue weighted by atomic mass is 9.77. The maximum atomic E-state index is 11.5. The van der Waals surface area contributed by atoms with E-state index in [0.29, 0.717) is 11.5 Å². The third kappa shape index (κ3) is 4.83. The number of carbonyl (C=O) groups excluding carboxylic acids is 1. The highest BCUT2D eigenvalue weighted by molar-refractivity contribution is 5.87. The number of unbranched alkanes of at least 4 members (excludes halogenated alkanes) is 1. The second-order valence-corrected chi connectivity index (χ2v) is 5.83. The Morgan fingerprint density at radius 2 is 2.17 bits per heavy atom. The molecule has 0 radical (unpaired) electrons. The van der Waals surface area contributed by atoms with Gasteiger partial charge in [-0.1, -0.05) is 45.6 Å². The van der Waals surface area contributed by atoms with E-state index in [0.717, 1.165) is 5.92 Å². The van der Waals surface area contributed by atoms with Crippen LogP contribution in [0.1, 0.15) is 65.7 Å². The molecule has 1 aliphatic carbocycles. The lowest BCUT2D eigenvalue weighted by Gasteiger charge is -2.32. The molecule has 2 nitrogen and oxygen atoms in total. The Hall–Kier alpha value is -0.790. The van der Waals surface area contributed by atoms with E-state index in [1.54, 1.807) is 6.92 Å². The first kappa shape index (κ1) is 15.3. The Bertz CT molecular complexity index is 283. The topological polar surface area (TPSA) is 26.3 Å². The molecule has 3 unspecified atom stereocenters. The number of hydrogen-bond donors (Lipinski definition) is 0. The average Bonchev–Trinajstić information content (AvgIpc) is 2.36. The highest BCUT2D eigenvalue weighted by Crippen LogP contribution is 2.34. The molecule has 0 heterocycles. The van der Waals surface area contributed by atoms with E-state index in [4.69, 9.17) is 4.74 Å². The van der Waals surface area contributed by atoms with E-state index >= 15 is 0 Å². The van der Waals surface area contributed by atoms with Crippen LogP contribution in [0, 0.1) is 11.8 Å². The number of carbonyl (C=O) groups is 1. The molecule has 0 aliphatic heterocycles. The lowest BCUT2D eigenvalue weighted by molar-refractivity contribution is -0.146. The van der Waals surface area contributed by atoms with Crippen LogP contribution >= 0.6 is 0 Å². The van der Waals surface area contributed by atoms with Crippen molar-refractivity contribution in [2.45, 2.75) is 71.8 Å². The summed E-state index contributed by atoms with van der Waals surface area (Å²) in [6, 6.07) is 0. The Labute approximate surface area is 112 Å². The molecule has 0 N–H and O–H groups in total. The molecule has 1 saturated carbocycles. The minimum absolute atomic E-state index is 0.0404. The van der Waals surface area contributed by atoms with Crippen LogP contribution in [0.15, 0.2) is 12.2 Å². The van der Waals surface area contributed by atoms with E-state index in [1.807, 2.05) is 6.92 Å². The van der Waals surface area contributed by atoms with Gasteiger partial charge in [0.2, 0.25) is 0 Å². The number of ether oxygens (including phenoxy) is 1. The molecule has 104 valence electrons. The minimum Gasteiger partial charge on any atom is -0.459 e. The summed E-state index contributed by atoms with van der Waals surface area (Å²) in [4.78, 5) is 11.5.